The van der Waals surface area contributed by atoms with Gasteiger partial charge in [0.05, 0.1) is 7.11 Å². The maximum atomic E-state index is 11.3. The Hall–Kier alpha value is -1.55. The number of benzene rings is 1. The highest BCUT2D eigenvalue weighted by molar-refractivity contribution is 5.76. The molecule has 4 nitrogen and oxygen atoms in total. The Morgan fingerprint density at radius 2 is 2.11 bits per heavy atom. The topological polar surface area (TPSA) is 49.8 Å². The van der Waals surface area contributed by atoms with Gasteiger partial charge in [-0.15, -0.1) is 0 Å². The lowest BCUT2D eigenvalue weighted by atomic mass is 10.00. The number of hydrogen-bond donors (Lipinski definition) is 1. The molecule has 0 saturated carbocycles. The highest BCUT2D eigenvalue weighted by Gasteiger charge is 2.10. The summed E-state index contributed by atoms with van der Waals surface area (Å²) < 4.78 is 5.40. The highest BCUT2D eigenvalue weighted by atomic mass is 16.5. The predicted octanol–water partition coefficient (Wildman–Crippen LogP) is 1.81. The summed E-state index contributed by atoms with van der Waals surface area (Å²) in [6.07, 6.45) is 0.712. The van der Waals surface area contributed by atoms with E-state index < -0.39 is 6.61 Å². The normalized spacial score (nSPS) is 10.6. The van der Waals surface area contributed by atoms with Gasteiger partial charge >= 0.3 is 0 Å². The molecule has 0 atom stereocenters. The van der Waals surface area contributed by atoms with Crippen LogP contribution in [0.4, 0.5) is 0 Å². The summed E-state index contributed by atoms with van der Waals surface area (Å²) in [7, 11) is 3.35. The SMILES string of the molecule is COc1cc(C(C)C)ccc1CCN(C)C(=O)CO. The number of aliphatic hydroxyl groups is 1. The fourth-order valence-electron chi connectivity index (χ4n) is 1.86. The second kappa shape index (κ2) is 7.14. The smallest absolute Gasteiger partial charge is 0.248 e. The molecule has 0 unspecified atom stereocenters. The van der Waals surface area contributed by atoms with Gasteiger partial charge in [0.15, 0.2) is 0 Å². The van der Waals surface area contributed by atoms with E-state index in [1.807, 2.05) is 12.1 Å². The molecule has 0 heterocycles. The van der Waals surface area contributed by atoms with Crippen molar-refractivity contribution >= 4 is 5.91 Å². The molecular weight excluding hydrogens is 242 g/mol. The molecule has 1 aromatic rings. The average molecular weight is 265 g/mol. The van der Waals surface area contributed by atoms with Crippen LogP contribution in [-0.2, 0) is 11.2 Å². The minimum absolute atomic E-state index is 0.266. The van der Waals surface area contributed by atoms with E-state index in [0.717, 1.165) is 11.3 Å². The van der Waals surface area contributed by atoms with Crippen molar-refractivity contribution in [2.45, 2.75) is 26.2 Å². The second-order valence-corrected chi connectivity index (χ2v) is 4.95. The fourth-order valence-corrected chi connectivity index (χ4v) is 1.86. The molecular formula is C15H23NO3. The van der Waals surface area contributed by atoms with Crippen molar-refractivity contribution in [1.29, 1.82) is 0 Å². The van der Waals surface area contributed by atoms with E-state index in [2.05, 4.69) is 19.9 Å². The first-order chi connectivity index (χ1) is 8.99. The number of likely N-dealkylation sites (N-methyl/N-ethyl adjacent to an activating group) is 1. The van der Waals surface area contributed by atoms with Crippen LogP contribution in [0.25, 0.3) is 0 Å². The van der Waals surface area contributed by atoms with Gasteiger partial charge in [-0.2, -0.15) is 0 Å². The lowest BCUT2D eigenvalue weighted by molar-refractivity contribution is -0.132. The first kappa shape index (κ1) is 15.5. The number of hydrogen-bond acceptors (Lipinski definition) is 3. The van der Waals surface area contributed by atoms with E-state index in [0.29, 0.717) is 18.9 Å². The molecule has 0 spiro atoms. The molecule has 1 aromatic carbocycles. The molecule has 0 saturated heterocycles. The van der Waals surface area contributed by atoms with Crippen LogP contribution in [0.2, 0.25) is 0 Å². The summed E-state index contributed by atoms with van der Waals surface area (Å²) in [6, 6.07) is 6.19. The largest absolute Gasteiger partial charge is 0.496 e. The van der Waals surface area contributed by atoms with Crippen LogP contribution in [0.3, 0.4) is 0 Å². The van der Waals surface area contributed by atoms with Crippen LogP contribution in [0.5, 0.6) is 5.75 Å². The van der Waals surface area contributed by atoms with Gasteiger partial charge in [-0.3, -0.25) is 4.79 Å². The molecule has 106 valence electrons. The third-order valence-corrected chi connectivity index (χ3v) is 3.26. The maximum Gasteiger partial charge on any atom is 0.248 e. The van der Waals surface area contributed by atoms with Gasteiger partial charge in [-0.1, -0.05) is 26.0 Å². The molecule has 1 rings (SSSR count). The Labute approximate surface area is 115 Å². The lowest BCUT2D eigenvalue weighted by Crippen LogP contribution is -2.31. The van der Waals surface area contributed by atoms with Crippen LogP contribution in [0.15, 0.2) is 18.2 Å². The van der Waals surface area contributed by atoms with E-state index in [1.54, 1.807) is 14.2 Å². The number of methoxy groups -OCH3 is 1. The quantitative estimate of drug-likeness (QED) is 0.853. The van der Waals surface area contributed by atoms with Crippen LogP contribution in [0, 0.1) is 0 Å². The summed E-state index contributed by atoms with van der Waals surface area (Å²) in [6.45, 7) is 4.40. The molecule has 19 heavy (non-hydrogen) atoms. The molecule has 0 aliphatic rings. The van der Waals surface area contributed by atoms with Crippen molar-refractivity contribution in [2.24, 2.45) is 0 Å². The second-order valence-electron chi connectivity index (χ2n) is 4.95. The summed E-state index contributed by atoms with van der Waals surface area (Å²) in [4.78, 5) is 12.8. The molecule has 0 aromatic heterocycles. The zero-order valence-corrected chi connectivity index (χ0v) is 12.1. The van der Waals surface area contributed by atoms with Gasteiger partial charge < -0.3 is 14.7 Å². The standard InChI is InChI=1S/C15H23NO3/c1-11(2)13-6-5-12(14(9-13)19-4)7-8-16(3)15(18)10-17/h5-6,9,11,17H,7-8,10H2,1-4H3. The van der Waals surface area contributed by atoms with E-state index in [9.17, 15) is 4.79 Å². The van der Waals surface area contributed by atoms with E-state index >= 15 is 0 Å². The Bertz CT molecular complexity index is 429. The van der Waals surface area contributed by atoms with Gasteiger partial charge in [-0.25, -0.2) is 0 Å². The Morgan fingerprint density at radius 1 is 1.42 bits per heavy atom. The predicted molar refractivity (Wildman–Crippen MR) is 75.5 cm³/mol. The molecule has 1 N–H and O–H groups in total. The minimum Gasteiger partial charge on any atom is -0.496 e. The maximum absolute atomic E-state index is 11.3. The van der Waals surface area contributed by atoms with Crippen molar-refractivity contribution < 1.29 is 14.6 Å². The monoisotopic (exact) mass is 265 g/mol. The number of carbonyl (C=O) groups excluding carboxylic acids is 1. The number of nitrogens with zero attached hydrogens (tertiary/aromatic N) is 1. The molecule has 0 aliphatic carbocycles. The lowest BCUT2D eigenvalue weighted by Gasteiger charge is -2.17. The molecule has 0 aliphatic heterocycles. The van der Waals surface area contributed by atoms with E-state index in [4.69, 9.17) is 9.84 Å². The van der Waals surface area contributed by atoms with Crippen molar-refractivity contribution in [2.75, 3.05) is 27.3 Å². The number of aliphatic hydroxyl groups excluding tert-OH is 1. The first-order valence-corrected chi connectivity index (χ1v) is 6.51. The van der Waals surface area contributed by atoms with Crippen LogP contribution in [0.1, 0.15) is 30.9 Å². The third kappa shape index (κ3) is 4.24. The van der Waals surface area contributed by atoms with Gasteiger partial charge in [0, 0.05) is 13.6 Å². The first-order valence-electron chi connectivity index (χ1n) is 6.51. The van der Waals surface area contributed by atoms with Gasteiger partial charge in [-0.05, 0) is 29.5 Å². The zero-order valence-electron chi connectivity index (χ0n) is 12.1. The van der Waals surface area contributed by atoms with Crippen molar-refractivity contribution in [1.82, 2.24) is 4.90 Å². The van der Waals surface area contributed by atoms with Gasteiger partial charge in [0.25, 0.3) is 0 Å². The van der Waals surface area contributed by atoms with Gasteiger partial charge in [0.2, 0.25) is 5.91 Å². The fraction of sp³-hybridized carbons (Fsp3) is 0.533. The van der Waals surface area contributed by atoms with Crippen molar-refractivity contribution in [3.05, 3.63) is 29.3 Å². The van der Waals surface area contributed by atoms with Crippen LogP contribution < -0.4 is 4.74 Å². The van der Waals surface area contributed by atoms with Crippen LogP contribution >= 0.6 is 0 Å². The molecule has 1 amide bonds. The number of ether oxygens (including phenoxy) is 1. The number of carbonyl (C=O) groups is 1. The number of amides is 1. The van der Waals surface area contributed by atoms with E-state index in [1.165, 1.54) is 10.5 Å². The number of rotatable bonds is 6. The minimum atomic E-state index is -0.445. The Balaban J connectivity index is 2.76. The Kier molecular flexibility index (Phi) is 5.83. The average Bonchev–Trinajstić information content (AvgIpc) is 2.43. The summed E-state index contributed by atoms with van der Waals surface area (Å²) in [5.74, 6) is 1.05. The molecule has 0 bridgehead atoms. The molecule has 0 radical (unpaired) electrons. The zero-order chi connectivity index (χ0) is 14.4. The Morgan fingerprint density at radius 3 is 2.63 bits per heavy atom. The van der Waals surface area contributed by atoms with Crippen molar-refractivity contribution in [3.63, 3.8) is 0 Å². The van der Waals surface area contributed by atoms with Gasteiger partial charge in [0.1, 0.15) is 12.4 Å². The summed E-state index contributed by atoms with van der Waals surface area (Å²) >= 11 is 0. The van der Waals surface area contributed by atoms with Crippen molar-refractivity contribution in [3.8, 4) is 5.75 Å². The highest BCUT2D eigenvalue weighted by Crippen LogP contribution is 2.25. The summed E-state index contributed by atoms with van der Waals surface area (Å²) in [5.41, 5.74) is 2.31. The summed E-state index contributed by atoms with van der Waals surface area (Å²) in [5, 5.41) is 8.78. The van der Waals surface area contributed by atoms with Crippen LogP contribution in [-0.4, -0.2) is 43.2 Å². The molecule has 0 fully saturated rings. The molecule has 4 heteroatoms. The van der Waals surface area contributed by atoms with E-state index in [-0.39, 0.29) is 5.91 Å². The third-order valence-electron chi connectivity index (χ3n) is 3.26.